The molecule has 1 aliphatic rings. The van der Waals surface area contributed by atoms with E-state index in [1.54, 1.807) is 0 Å². The van der Waals surface area contributed by atoms with Gasteiger partial charge in [0.1, 0.15) is 11.6 Å². The highest BCUT2D eigenvalue weighted by Gasteiger charge is 2.18. The molecule has 0 radical (unpaired) electrons. The molecule has 1 aliphatic heterocycles. The number of ether oxygens (including phenoxy) is 1. The average Bonchev–Trinajstić information content (AvgIpc) is 2.41. The predicted octanol–water partition coefficient (Wildman–Crippen LogP) is 0.918. The summed E-state index contributed by atoms with van der Waals surface area (Å²) in [6.07, 6.45) is -1.02. The van der Waals surface area contributed by atoms with Crippen molar-refractivity contribution in [2.45, 2.75) is 12.2 Å². The highest BCUT2D eigenvalue weighted by molar-refractivity contribution is 5.21. The summed E-state index contributed by atoms with van der Waals surface area (Å²) in [7, 11) is 2.02. The minimum Gasteiger partial charge on any atom is -0.387 e. The number of aliphatic hydroxyl groups is 1. The average molecular weight is 286 g/mol. The Morgan fingerprint density at radius 2 is 2.30 bits per heavy atom. The van der Waals surface area contributed by atoms with Gasteiger partial charge in [-0.25, -0.2) is 8.78 Å². The van der Waals surface area contributed by atoms with Crippen molar-refractivity contribution in [1.82, 2.24) is 10.2 Å². The van der Waals surface area contributed by atoms with Gasteiger partial charge in [-0.2, -0.15) is 0 Å². The summed E-state index contributed by atoms with van der Waals surface area (Å²) in [4.78, 5) is 2.17. The Morgan fingerprint density at radius 1 is 1.50 bits per heavy atom. The van der Waals surface area contributed by atoms with Gasteiger partial charge < -0.3 is 20.1 Å². The molecule has 1 heterocycles. The predicted molar refractivity (Wildman–Crippen MR) is 71.4 cm³/mol. The number of likely N-dealkylation sites (N-methyl/N-ethyl adjacent to an activating group) is 1. The van der Waals surface area contributed by atoms with Gasteiger partial charge >= 0.3 is 0 Å². The summed E-state index contributed by atoms with van der Waals surface area (Å²) in [5.41, 5.74) is -0.0285. The highest BCUT2D eigenvalue weighted by atomic mass is 19.1. The van der Waals surface area contributed by atoms with Crippen molar-refractivity contribution in [3.63, 3.8) is 0 Å². The van der Waals surface area contributed by atoms with E-state index in [1.807, 2.05) is 7.05 Å². The molecule has 4 nitrogen and oxygen atoms in total. The minimum atomic E-state index is -1.08. The second-order valence-corrected chi connectivity index (χ2v) is 5.09. The SMILES string of the molecule is CN1CCOC(CNCC(O)c2cc(F)ccc2F)C1. The molecule has 2 unspecified atom stereocenters. The number of halogens is 2. The van der Waals surface area contributed by atoms with E-state index < -0.39 is 17.7 Å². The first-order valence-electron chi connectivity index (χ1n) is 6.70. The summed E-state index contributed by atoms with van der Waals surface area (Å²) in [5.74, 6) is -1.16. The van der Waals surface area contributed by atoms with Crippen LogP contribution < -0.4 is 5.32 Å². The van der Waals surface area contributed by atoms with Crippen molar-refractivity contribution in [2.75, 3.05) is 39.8 Å². The van der Waals surface area contributed by atoms with Gasteiger partial charge in [0.2, 0.25) is 0 Å². The van der Waals surface area contributed by atoms with Crippen molar-refractivity contribution < 1.29 is 18.6 Å². The van der Waals surface area contributed by atoms with Crippen LogP contribution in [-0.4, -0.2) is 55.9 Å². The summed E-state index contributed by atoms with van der Waals surface area (Å²) >= 11 is 0. The largest absolute Gasteiger partial charge is 0.387 e. The number of rotatable bonds is 5. The van der Waals surface area contributed by atoms with E-state index in [-0.39, 0.29) is 18.2 Å². The number of morpholine rings is 1. The maximum absolute atomic E-state index is 13.5. The fraction of sp³-hybridized carbons (Fsp3) is 0.571. The van der Waals surface area contributed by atoms with Gasteiger partial charge in [-0.15, -0.1) is 0 Å². The van der Waals surface area contributed by atoms with Gasteiger partial charge in [0.05, 0.1) is 18.8 Å². The van der Waals surface area contributed by atoms with Crippen molar-refractivity contribution in [3.8, 4) is 0 Å². The summed E-state index contributed by atoms with van der Waals surface area (Å²) in [6, 6.07) is 3.07. The number of hydrogen-bond acceptors (Lipinski definition) is 4. The Balaban J connectivity index is 1.80. The van der Waals surface area contributed by atoms with E-state index >= 15 is 0 Å². The van der Waals surface area contributed by atoms with Crippen molar-refractivity contribution in [3.05, 3.63) is 35.4 Å². The smallest absolute Gasteiger partial charge is 0.129 e. The maximum atomic E-state index is 13.5. The number of benzene rings is 1. The lowest BCUT2D eigenvalue weighted by molar-refractivity contribution is -0.0191. The van der Waals surface area contributed by atoms with Gasteiger partial charge in [0.25, 0.3) is 0 Å². The molecule has 2 atom stereocenters. The Labute approximate surface area is 117 Å². The van der Waals surface area contributed by atoms with E-state index in [2.05, 4.69) is 10.2 Å². The van der Waals surface area contributed by atoms with E-state index in [1.165, 1.54) is 0 Å². The first-order chi connectivity index (χ1) is 9.56. The normalized spacial score (nSPS) is 21.9. The van der Waals surface area contributed by atoms with Crippen LogP contribution in [0.2, 0.25) is 0 Å². The number of nitrogens with one attached hydrogen (secondary N) is 1. The summed E-state index contributed by atoms with van der Waals surface area (Å²) in [5, 5.41) is 12.9. The first kappa shape index (κ1) is 15.3. The Bertz CT molecular complexity index is 445. The van der Waals surface area contributed by atoms with Crippen molar-refractivity contribution in [2.24, 2.45) is 0 Å². The standard InChI is InChI=1S/C14H20F2N2O2/c1-18-4-5-20-11(9-18)7-17-8-14(19)12-6-10(15)2-3-13(12)16/h2-3,6,11,14,17,19H,4-5,7-9H2,1H3. The molecule has 6 heteroatoms. The fourth-order valence-corrected chi connectivity index (χ4v) is 2.25. The quantitative estimate of drug-likeness (QED) is 0.845. The van der Waals surface area contributed by atoms with E-state index in [0.29, 0.717) is 13.2 Å². The second kappa shape index (κ2) is 7.08. The van der Waals surface area contributed by atoms with E-state index in [9.17, 15) is 13.9 Å². The van der Waals surface area contributed by atoms with Gasteiger partial charge in [-0.3, -0.25) is 0 Å². The molecule has 1 aromatic carbocycles. The lowest BCUT2D eigenvalue weighted by Gasteiger charge is -2.30. The van der Waals surface area contributed by atoms with Crippen LogP contribution in [0.5, 0.6) is 0 Å². The zero-order valence-electron chi connectivity index (χ0n) is 11.5. The third-order valence-corrected chi connectivity index (χ3v) is 3.37. The topological polar surface area (TPSA) is 44.7 Å². The third-order valence-electron chi connectivity index (χ3n) is 3.37. The molecule has 20 heavy (non-hydrogen) atoms. The van der Waals surface area contributed by atoms with Crippen LogP contribution in [0.1, 0.15) is 11.7 Å². The molecule has 1 saturated heterocycles. The Kier molecular flexibility index (Phi) is 5.42. The van der Waals surface area contributed by atoms with Crippen LogP contribution in [0.4, 0.5) is 8.78 Å². The van der Waals surface area contributed by atoms with Gasteiger partial charge in [-0.05, 0) is 25.2 Å². The molecular formula is C14H20F2N2O2. The molecule has 2 N–H and O–H groups in total. The molecule has 0 amide bonds. The lowest BCUT2D eigenvalue weighted by Crippen LogP contribution is -2.45. The molecule has 1 aromatic rings. The summed E-state index contributed by atoms with van der Waals surface area (Å²) < 4.78 is 32.1. The molecule has 0 bridgehead atoms. The highest BCUT2D eigenvalue weighted by Crippen LogP contribution is 2.17. The van der Waals surface area contributed by atoms with E-state index in [0.717, 1.165) is 31.3 Å². The second-order valence-electron chi connectivity index (χ2n) is 5.09. The zero-order valence-corrected chi connectivity index (χ0v) is 11.5. The minimum absolute atomic E-state index is 0.0285. The third kappa shape index (κ3) is 4.21. The molecule has 2 rings (SSSR count). The number of hydrogen-bond donors (Lipinski definition) is 2. The number of nitrogens with zero attached hydrogens (tertiary/aromatic N) is 1. The zero-order chi connectivity index (χ0) is 14.5. The van der Waals surface area contributed by atoms with Gasteiger partial charge in [-0.1, -0.05) is 0 Å². The molecule has 1 fully saturated rings. The van der Waals surface area contributed by atoms with E-state index in [4.69, 9.17) is 4.74 Å². The van der Waals surface area contributed by atoms with Gasteiger partial charge in [0, 0.05) is 31.7 Å². The van der Waals surface area contributed by atoms with Crippen molar-refractivity contribution in [1.29, 1.82) is 0 Å². The monoisotopic (exact) mass is 286 g/mol. The maximum Gasteiger partial charge on any atom is 0.129 e. The molecule has 0 spiro atoms. The first-order valence-corrected chi connectivity index (χ1v) is 6.70. The van der Waals surface area contributed by atoms with Crippen LogP contribution >= 0.6 is 0 Å². The number of aliphatic hydroxyl groups excluding tert-OH is 1. The molecular weight excluding hydrogens is 266 g/mol. The van der Waals surface area contributed by atoms with Crippen LogP contribution in [-0.2, 0) is 4.74 Å². The van der Waals surface area contributed by atoms with Crippen LogP contribution in [0.25, 0.3) is 0 Å². The van der Waals surface area contributed by atoms with Crippen molar-refractivity contribution >= 4 is 0 Å². The molecule has 0 saturated carbocycles. The Hall–Kier alpha value is -1.08. The van der Waals surface area contributed by atoms with Crippen LogP contribution in [0.3, 0.4) is 0 Å². The van der Waals surface area contributed by atoms with Gasteiger partial charge in [0.15, 0.2) is 0 Å². The van der Waals surface area contributed by atoms with Crippen LogP contribution in [0, 0.1) is 11.6 Å². The lowest BCUT2D eigenvalue weighted by atomic mass is 10.1. The molecule has 112 valence electrons. The Morgan fingerprint density at radius 3 is 3.05 bits per heavy atom. The summed E-state index contributed by atoms with van der Waals surface area (Å²) in [6.45, 7) is 3.14. The fourth-order valence-electron chi connectivity index (χ4n) is 2.25. The molecule has 0 aliphatic carbocycles. The van der Waals surface area contributed by atoms with Crippen LogP contribution in [0.15, 0.2) is 18.2 Å². The molecule has 0 aromatic heterocycles.